The van der Waals surface area contributed by atoms with Gasteiger partial charge in [-0.25, -0.2) is 4.39 Å². The lowest BCUT2D eigenvalue weighted by Crippen LogP contribution is -2.33. The Morgan fingerprint density at radius 3 is 3.00 bits per heavy atom. The second-order valence-electron chi connectivity index (χ2n) is 3.92. The number of hydrogen-bond donors (Lipinski definition) is 1. The van der Waals surface area contributed by atoms with Crippen molar-refractivity contribution in [1.82, 2.24) is 5.32 Å². The van der Waals surface area contributed by atoms with Gasteiger partial charge in [0.15, 0.2) is 6.29 Å². The van der Waals surface area contributed by atoms with Gasteiger partial charge in [-0.3, -0.25) is 9.59 Å². The molecule has 1 fully saturated rings. The summed E-state index contributed by atoms with van der Waals surface area (Å²) >= 11 is 0. The molecule has 4 nitrogen and oxygen atoms in total. The Bertz CT molecular complexity index is 448. The van der Waals surface area contributed by atoms with Crippen LogP contribution in [-0.4, -0.2) is 31.8 Å². The highest BCUT2D eigenvalue weighted by Gasteiger charge is 2.18. The largest absolute Gasteiger partial charge is 0.361 e. The number of nitrogens with one attached hydrogen (secondary N) is 1. The van der Waals surface area contributed by atoms with Crippen LogP contribution in [-0.2, 0) is 4.79 Å². The number of anilines is 1. The third kappa shape index (κ3) is 2.43. The van der Waals surface area contributed by atoms with E-state index in [9.17, 15) is 14.0 Å². The molecule has 17 heavy (non-hydrogen) atoms. The van der Waals surface area contributed by atoms with E-state index in [1.54, 1.807) is 17.0 Å². The lowest BCUT2D eigenvalue weighted by Gasteiger charge is -2.22. The highest BCUT2D eigenvalue weighted by Crippen LogP contribution is 2.22. The molecule has 1 aliphatic heterocycles. The van der Waals surface area contributed by atoms with Gasteiger partial charge in [0, 0.05) is 13.1 Å². The van der Waals surface area contributed by atoms with Crippen molar-refractivity contribution in [2.45, 2.75) is 6.42 Å². The summed E-state index contributed by atoms with van der Waals surface area (Å²) in [5.41, 5.74) is 0.499. The van der Waals surface area contributed by atoms with Crippen LogP contribution < -0.4 is 10.2 Å². The van der Waals surface area contributed by atoms with E-state index in [-0.39, 0.29) is 18.0 Å². The fraction of sp³-hybridized carbons (Fsp3) is 0.333. The lowest BCUT2D eigenvalue weighted by atomic mass is 10.1. The monoisotopic (exact) mass is 236 g/mol. The second kappa shape index (κ2) is 4.95. The summed E-state index contributed by atoms with van der Waals surface area (Å²) < 4.78 is 13.4. The van der Waals surface area contributed by atoms with E-state index >= 15 is 0 Å². The molecule has 0 radical (unpaired) electrons. The Morgan fingerprint density at radius 2 is 2.24 bits per heavy atom. The Kier molecular flexibility index (Phi) is 3.37. The maximum absolute atomic E-state index is 13.4. The number of carbonyl (C=O) groups is 2. The Morgan fingerprint density at radius 1 is 1.41 bits per heavy atom. The molecule has 1 aromatic rings. The van der Waals surface area contributed by atoms with Crippen LogP contribution in [0.3, 0.4) is 0 Å². The van der Waals surface area contributed by atoms with Gasteiger partial charge < -0.3 is 10.2 Å². The fourth-order valence-corrected chi connectivity index (χ4v) is 1.93. The van der Waals surface area contributed by atoms with Crippen molar-refractivity contribution in [3.8, 4) is 0 Å². The summed E-state index contributed by atoms with van der Waals surface area (Å²) in [4.78, 5) is 24.0. The molecule has 0 spiro atoms. The quantitative estimate of drug-likeness (QED) is 0.778. The molecule has 1 aliphatic rings. The Balaban J connectivity index is 2.35. The van der Waals surface area contributed by atoms with Gasteiger partial charge >= 0.3 is 0 Å². The zero-order valence-electron chi connectivity index (χ0n) is 9.28. The number of rotatable bonds is 2. The summed E-state index contributed by atoms with van der Waals surface area (Å²) in [5.74, 6) is -0.661. The number of amides is 1. The summed E-state index contributed by atoms with van der Waals surface area (Å²) in [5, 5.41) is 2.73. The first-order valence-electron chi connectivity index (χ1n) is 5.47. The van der Waals surface area contributed by atoms with Crippen LogP contribution in [0.25, 0.3) is 0 Å². The summed E-state index contributed by atoms with van der Waals surface area (Å²) in [7, 11) is 0. The first-order valence-corrected chi connectivity index (χ1v) is 5.47. The van der Waals surface area contributed by atoms with Crippen molar-refractivity contribution >= 4 is 17.9 Å². The van der Waals surface area contributed by atoms with Crippen molar-refractivity contribution in [1.29, 1.82) is 0 Å². The number of halogens is 1. The van der Waals surface area contributed by atoms with E-state index in [1.807, 2.05) is 0 Å². The maximum Gasteiger partial charge on any atom is 0.239 e. The molecule has 1 aromatic carbocycles. The van der Waals surface area contributed by atoms with Crippen LogP contribution >= 0.6 is 0 Å². The minimum atomic E-state index is -0.554. The summed E-state index contributed by atoms with van der Waals surface area (Å²) in [6.07, 6.45) is 1.27. The van der Waals surface area contributed by atoms with Crippen molar-refractivity contribution in [2.24, 2.45) is 0 Å². The smallest absolute Gasteiger partial charge is 0.239 e. The molecule has 0 aromatic heterocycles. The number of aldehydes is 1. The molecule has 1 N–H and O–H groups in total. The van der Waals surface area contributed by atoms with E-state index in [0.717, 1.165) is 6.42 Å². The SMILES string of the molecule is O=Cc1c(F)cccc1N1CCCNC(=O)C1. The Labute approximate surface area is 98.4 Å². The van der Waals surface area contributed by atoms with Gasteiger partial charge in [0.2, 0.25) is 5.91 Å². The van der Waals surface area contributed by atoms with Gasteiger partial charge in [-0.2, -0.15) is 0 Å². The standard InChI is InChI=1S/C12H13FN2O2/c13-10-3-1-4-11(9(10)8-16)15-6-2-5-14-12(17)7-15/h1,3-4,8H,2,5-7H2,(H,14,17). The molecule has 0 atom stereocenters. The zero-order valence-corrected chi connectivity index (χ0v) is 9.28. The van der Waals surface area contributed by atoms with Gasteiger partial charge in [0.25, 0.3) is 0 Å². The molecule has 0 unspecified atom stereocenters. The van der Waals surface area contributed by atoms with Crippen LogP contribution in [0.5, 0.6) is 0 Å². The van der Waals surface area contributed by atoms with E-state index in [2.05, 4.69) is 5.32 Å². The van der Waals surface area contributed by atoms with Crippen LogP contribution in [0.2, 0.25) is 0 Å². The predicted octanol–water partition coefficient (Wildman–Crippen LogP) is 0.964. The van der Waals surface area contributed by atoms with Crippen molar-refractivity contribution in [3.05, 3.63) is 29.6 Å². The van der Waals surface area contributed by atoms with Gasteiger partial charge in [0.05, 0.1) is 17.8 Å². The second-order valence-corrected chi connectivity index (χ2v) is 3.92. The van der Waals surface area contributed by atoms with Gasteiger partial charge in [-0.05, 0) is 18.6 Å². The molecular weight excluding hydrogens is 223 g/mol. The minimum absolute atomic E-state index is 0.0159. The van der Waals surface area contributed by atoms with E-state index in [4.69, 9.17) is 0 Å². The van der Waals surface area contributed by atoms with Crippen LogP contribution in [0, 0.1) is 5.82 Å². The average Bonchev–Trinajstić information content (AvgIpc) is 2.53. The normalized spacial score (nSPS) is 16.3. The van der Waals surface area contributed by atoms with Crippen molar-refractivity contribution in [2.75, 3.05) is 24.5 Å². The zero-order chi connectivity index (χ0) is 12.3. The number of carbonyl (C=O) groups excluding carboxylic acids is 2. The number of hydrogen-bond acceptors (Lipinski definition) is 3. The summed E-state index contributed by atoms with van der Waals surface area (Å²) in [6, 6.07) is 4.44. The van der Waals surface area contributed by atoms with Crippen LogP contribution in [0.15, 0.2) is 18.2 Å². The van der Waals surface area contributed by atoms with Crippen LogP contribution in [0.1, 0.15) is 16.8 Å². The average molecular weight is 236 g/mol. The van der Waals surface area contributed by atoms with E-state index < -0.39 is 5.82 Å². The molecular formula is C12H13FN2O2. The molecule has 1 saturated heterocycles. The van der Waals surface area contributed by atoms with E-state index in [1.165, 1.54) is 6.07 Å². The first kappa shape index (κ1) is 11.6. The van der Waals surface area contributed by atoms with E-state index in [0.29, 0.717) is 25.1 Å². The summed E-state index contributed by atoms with van der Waals surface area (Å²) in [6.45, 7) is 1.40. The van der Waals surface area contributed by atoms with Gasteiger partial charge in [0.1, 0.15) is 5.82 Å². The minimum Gasteiger partial charge on any atom is -0.361 e. The third-order valence-electron chi connectivity index (χ3n) is 2.75. The predicted molar refractivity (Wildman–Crippen MR) is 61.6 cm³/mol. The first-order chi connectivity index (χ1) is 8.22. The third-order valence-corrected chi connectivity index (χ3v) is 2.75. The maximum atomic E-state index is 13.4. The van der Waals surface area contributed by atoms with Crippen molar-refractivity contribution < 1.29 is 14.0 Å². The number of nitrogens with zero attached hydrogens (tertiary/aromatic N) is 1. The number of benzene rings is 1. The molecule has 1 amide bonds. The molecule has 0 aliphatic carbocycles. The molecule has 90 valence electrons. The highest BCUT2D eigenvalue weighted by molar-refractivity contribution is 5.88. The molecule has 0 bridgehead atoms. The molecule has 1 heterocycles. The molecule has 5 heteroatoms. The van der Waals surface area contributed by atoms with Gasteiger partial charge in [-0.15, -0.1) is 0 Å². The molecule has 0 saturated carbocycles. The van der Waals surface area contributed by atoms with Gasteiger partial charge in [-0.1, -0.05) is 6.07 Å². The Hall–Kier alpha value is -1.91. The highest BCUT2D eigenvalue weighted by atomic mass is 19.1. The lowest BCUT2D eigenvalue weighted by molar-refractivity contribution is -0.119. The van der Waals surface area contributed by atoms with Crippen LogP contribution in [0.4, 0.5) is 10.1 Å². The fourth-order valence-electron chi connectivity index (χ4n) is 1.93. The van der Waals surface area contributed by atoms with Crippen molar-refractivity contribution in [3.63, 3.8) is 0 Å². The molecule has 2 rings (SSSR count). The topological polar surface area (TPSA) is 49.4 Å².